The van der Waals surface area contributed by atoms with Crippen LogP contribution in [-0.2, 0) is 9.53 Å². The molecule has 7 nitrogen and oxygen atoms in total. The molecule has 3 heterocycles. The van der Waals surface area contributed by atoms with Crippen molar-refractivity contribution in [1.29, 1.82) is 0 Å². The molecule has 0 spiro atoms. The number of fused-ring (bicyclic) bond motifs is 1. The van der Waals surface area contributed by atoms with Crippen LogP contribution in [0.15, 0.2) is 66.5 Å². The number of methoxy groups -OCH3 is 1. The van der Waals surface area contributed by atoms with Crippen molar-refractivity contribution in [3.8, 4) is 5.75 Å². The first-order valence-electron chi connectivity index (χ1n) is 9.90. The van der Waals surface area contributed by atoms with E-state index in [1.807, 2.05) is 12.1 Å². The van der Waals surface area contributed by atoms with E-state index in [0.717, 1.165) is 4.47 Å². The minimum absolute atomic E-state index is 0.278. The molecule has 0 N–H and O–H groups in total. The summed E-state index contributed by atoms with van der Waals surface area (Å²) in [6.07, 6.45) is 2.89. The number of carbonyl (C=O) groups is 1. The third-order valence-corrected chi connectivity index (χ3v) is 6.36. The lowest BCUT2D eigenvalue weighted by atomic mass is 9.95. The first kappa shape index (κ1) is 22.3. The Hall–Kier alpha value is -2.91. The number of ether oxygens (including phenoxy) is 2. The molecular weight excluding hydrogens is 496 g/mol. The van der Waals surface area contributed by atoms with Gasteiger partial charge in [-0.2, -0.15) is 0 Å². The van der Waals surface area contributed by atoms with Crippen LogP contribution in [0.3, 0.4) is 0 Å². The first-order valence-corrected chi connectivity index (χ1v) is 11.5. The third-order valence-electron chi connectivity index (χ3n) is 4.89. The molecule has 3 aromatic rings. The number of benzene rings is 1. The number of hydrogen-bond acceptors (Lipinski definition) is 7. The van der Waals surface area contributed by atoms with Crippen molar-refractivity contribution in [2.24, 2.45) is 4.99 Å². The highest BCUT2D eigenvalue weighted by Crippen LogP contribution is 2.37. The van der Waals surface area contributed by atoms with Crippen LogP contribution in [0.4, 0.5) is 0 Å². The molecule has 0 fully saturated rings. The molecule has 1 aliphatic rings. The molecule has 32 heavy (non-hydrogen) atoms. The molecule has 4 rings (SSSR count). The number of furan rings is 1. The average Bonchev–Trinajstić information content (AvgIpc) is 3.35. The topological polar surface area (TPSA) is 83.0 Å². The van der Waals surface area contributed by atoms with E-state index in [0.29, 0.717) is 37.7 Å². The normalized spacial score (nSPS) is 16.2. The summed E-state index contributed by atoms with van der Waals surface area (Å²) in [7, 11) is 1.55. The van der Waals surface area contributed by atoms with Crippen molar-refractivity contribution < 1.29 is 18.7 Å². The summed E-state index contributed by atoms with van der Waals surface area (Å²) >= 11 is 4.73. The van der Waals surface area contributed by atoms with Crippen molar-refractivity contribution >= 4 is 39.3 Å². The van der Waals surface area contributed by atoms with Crippen LogP contribution in [0.25, 0.3) is 6.08 Å². The van der Waals surface area contributed by atoms with Gasteiger partial charge in [-0.1, -0.05) is 27.3 Å². The van der Waals surface area contributed by atoms with E-state index >= 15 is 0 Å². The summed E-state index contributed by atoms with van der Waals surface area (Å²) in [5.74, 6) is 0.582. The highest BCUT2D eigenvalue weighted by Gasteiger charge is 2.35. The van der Waals surface area contributed by atoms with Crippen LogP contribution >= 0.6 is 27.3 Å². The fourth-order valence-electron chi connectivity index (χ4n) is 3.58. The summed E-state index contributed by atoms with van der Waals surface area (Å²) < 4.78 is 19.2. The van der Waals surface area contributed by atoms with E-state index in [-0.39, 0.29) is 11.7 Å². The van der Waals surface area contributed by atoms with Gasteiger partial charge < -0.3 is 13.9 Å². The van der Waals surface area contributed by atoms with E-state index in [2.05, 4.69) is 20.9 Å². The van der Waals surface area contributed by atoms with Gasteiger partial charge in [0, 0.05) is 16.1 Å². The summed E-state index contributed by atoms with van der Waals surface area (Å²) in [5.41, 5.74) is 1.16. The van der Waals surface area contributed by atoms with Crippen LogP contribution in [0.2, 0.25) is 0 Å². The maximum Gasteiger partial charge on any atom is 0.338 e. The second-order valence-electron chi connectivity index (χ2n) is 7.44. The molecule has 0 bridgehead atoms. The summed E-state index contributed by atoms with van der Waals surface area (Å²) in [6, 6.07) is 8.23. The number of rotatable bonds is 5. The SMILES string of the molecule is COc1ccc(Br)cc1[C@H]1C(C(=O)OC(C)C)=C(C)N=c2s/c(=C\c3ccco3)c(=O)n21. The Bertz CT molecular complexity index is 1380. The lowest BCUT2D eigenvalue weighted by molar-refractivity contribution is -0.143. The number of nitrogens with zero attached hydrogens (tertiary/aromatic N) is 2. The fourth-order valence-corrected chi connectivity index (χ4v) is 4.98. The van der Waals surface area contributed by atoms with Crippen LogP contribution in [-0.4, -0.2) is 23.8 Å². The molecule has 166 valence electrons. The standard InChI is InChI=1S/C23H21BrN2O5S/c1-12(2)31-22(28)19-13(3)25-23-26(20(19)16-10-14(24)7-8-17(16)29-4)21(27)18(32-23)11-15-6-5-9-30-15/h5-12,20H,1-4H3/b18-11-/t20-/m0/s1. The maximum absolute atomic E-state index is 13.5. The van der Waals surface area contributed by atoms with E-state index in [4.69, 9.17) is 13.9 Å². The quantitative estimate of drug-likeness (QED) is 0.484. The number of esters is 1. The minimum Gasteiger partial charge on any atom is -0.496 e. The van der Waals surface area contributed by atoms with Gasteiger partial charge in [0.15, 0.2) is 4.80 Å². The van der Waals surface area contributed by atoms with Gasteiger partial charge in [0.05, 0.1) is 35.3 Å². The zero-order valence-corrected chi connectivity index (χ0v) is 20.3. The molecule has 2 aromatic heterocycles. The molecule has 0 aliphatic carbocycles. The Morgan fingerprint density at radius 3 is 2.78 bits per heavy atom. The van der Waals surface area contributed by atoms with Gasteiger partial charge in [0.2, 0.25) is 0 Å². The molecule has 9 heteroatoms. The average molecular weight is 517 g/mol. The predicted octanol–water partition coefficient (Wildman–Crippen LogP) is 3.55. The molecule has 1 aliphatic heterocycles. The van der Waals surface area contributed by atoms with Crippen molar-refractivity contribution in [2.75, 3.05) is 7.11 Å². The summed E-state index contributed by atoms with van der Waals surface area (Å²) in [6.45, 7) is 5.31. The van der Waals surface area contributed by atoms with E-state index in [1.165, 1.54) is 15.9 Å². The lowest BCUT2D eigenvalue weighted by Crippen LogP contribution is -2.40. The molecular formula is C23H21BrN2O5S. The van der Waals surface area contributed by atoms with Crippen molar-refractivity contribution in [3.05, 3.63) is 83.3 Å². The number of carbonyl (C=O) groups excluding carboxylic acids is 1. The summed E-state index contributed by atoms with van der Waals surface area (Å²) in [5, 5.41) is 0. The Morgan fingerprint density at radius 2 is 2.12 bits per heavy atom. The second kappa shape index (κ2) is 8.91. The smallest absolute Gasteiger partial charge is 0.338 e. The van der Waals surface area contributed by atoms with Crippen LogP contribution in [0, 0.1) is 0 Å². The van der Waals surface area contributed by atoms with Gasteiger partial charge in [-0.3, -0.25) is 9.36 Å². The van der Waals surface area contributed by atoms with Crippen molar-refractivity contribution in [2.45, 2.75) is 32.9 Å². The second-order valence-corrected chi connectivity index (χ2v) is 9.36. The Kier molecular flexibility index (Phi) is 6.21. The molecule has 0 saturated carbocycles. The number of halogens is 1. The van der Waals surface area contributed by atoms with Gasteiger partial charge >= 0.3 is 5.97 Å². The fraction of sp³-hybridized carbons (Fsp3) is 0.261. The van der Waals surface area contributed by atoms with Gasteiger partial charge in [0.1, 0.15) is 17.6 Å². The van der Waals surface area contributed by atoms with Crippen LogP contribution in [0.1, 0.15) is 38.1 Å². The largest absolute Gasteiger partial charge is 0.496 e. The zero-order chi connectivity index (χ0) is 23.0. The van der Waals surface area contributed by atoms with Gasteiger partial charge in [-0.25, -0.2) is 9.79 Å². The lowest BCUT2D eigenvalue weighted by Gasteiger charge is -2.26. The van der Waals surface area contributed by atoms with Crippen LogP contribution < -0.4 is 19.6 Å². The molecule has 0 amide bonds. The van der Waals surface area contributed by atoms with E-state index in [1.54, 1.807) is 58.4 Å². The third kappa shape index (κ3) is 4.10. The number of allylic oxidation sites excluding steroid dienone is 1. The van der Waals surface area contributed by atoms with Gasteiger partial charge in [-0.05, 0) is 51.1 Å². The highest BCUT2D eigenvalue weighted by atomic mass is 79.9. The number of thiazole rings is 1. The van der Waals surface area contributed by atoms with Gasteiger partial charge in [0.25, 0.3) is 5.56 Å². The van der Waals surface area contributed by atoms with E-state index < -0.39 is 12.0 Å². The molecule has 0 saturated heterocycles. The maximum atomic E-state index is 13.5. The summed E-state index contributed by atoms with van der Waals surface area (Å²) in [4.78, 5) is 31.7. The Labute approximate surface area is 196 Å². The first-order chi connectivity index (χ1) is 15.3. The zero-order valence-electron chi connectivity index (χ0n) is 17.9. The monoisotopic (exact) mass is 516 g/mol. The highest BCUT2D eigenvalue weighted by molar-refractivity contribution is 9.10. The predicted molar refractivity (Wildman–Crippen MR) is 124 cm³/mol. The van der Waals surface area contributed by atoms with Crippen molar-refractivity contribution in [3.63, 3.8) is 0 Å². The molecule has 1 aromatic carbocycles. The van der Waals surface area contributed by atoms with Crippen LogP contribution in [0.5, 0.6) is 5.75 Å². The minimum atomic E-state index is -0.760. The Morgan fingerprint density at radius 1 is 1.34 bits per heavy atom. The van der Waals surface area contributed by atoms with Gasteiger partial charge in [-0.15, -0.1) is 0 Å². The van der Waals surface area contributed by atoms with Crippen molar-refractivity contribution in [1.82, 2.24) is 4.57 Å². The Balaban J connectivity index is 2.02. The molecule has 1 atom stereocenters. The number of aromatic nitrogens is 1. The number of hydrogen-bond donors (Lipinski definition) is 0. The molecule has 0 unspecified atom stereocenters. The molecule has 0 radical (unpaired) electrons. The van der Waals surface area contributed by atoms with E-state index in [9.17, 15) is 9.59 Å².